The largest absolute Gasteiger partial charge is 0.497 e. The summed E-state index contributed by atoms with van der Waals surface area (Å²) in [6.07, 6.45) is 2.51. The van der Waals surface area contributed by atoms with Crippen molar-refractivity contribution in [3.05, 3.63) is 42.2 Å². The molecule has 106 valence electrons. The molecule has 0 atom stereocenters. The summed E-state index contributed by atoms with van der Waals surface area (Å²) in [5.41, 5.74) is 1.26. The van der Waals surface area contributed by atoms with Gasteiger partial charge in [-0.3, -0.25) is 0 Å². The standard InChI is InChI=1S/C15H20N4O/c1-19(2)15-10-14(17-11-18-15)16-9-8-12-4-6-13(20-3)7-5-12/h4-7,10-11H,8-9H2,1-3H3,(H,16,17,18). The van der Waals surface area contributed by atoms with Crippen molar-refractivity contribution in [3.63, 3.8) is 0 Å². The van der Waals surface area contributed by atoms with E-state index >= 15 is 0 Å². The van der Waals surface area contributed by atoms with Gasteiger partial charge in [0, 0.05) is 26.7 Å². The van der Waals surface area contributed by atoms with Gasteiger partial charge in [0.25, 0.3) is 0 Å². The first-order chi connectivity index (χ1) is 9.69. The van der Waals surface area contributed by atoms with Crippen LogP contribution in [-0.4, -0.2) is 37.7 Å². The Hall–Kier alpha value is -2.30. The number of methoxy groups -OCH3 is 1. The molecular formula is C15H20N4O. The maximum Gasteiger partial charge on any atom is 0.133 e. The third-order valence-corrected chi connectivity index (χ3v) is 2.99. The second-order valence-electron chi connectivity index (χ2n) is 4.68. The fraction of sp³-hybridized carbons (Fsp3) is 0.333. The normalized spacial score (nSPS) is 10.2. The lowest BCUT2D eigenvalue weighted by Crippen LogP contribution is -2.12. The van der Waals surface area contributed by atoms with Gasteiger partial charge in [0.15, 0.2) is 0 Å². The van der Waals surface area contributed by atoms with Crippen LogP contribution in [0, 0.1) is 0 Å². The van der Waals surface area contributed by atoms with Crippen LogP contribution in [0.2, 0.25) is 0 Å². The van der Waals surface area contributed by atoms with E-state index < -0.39 is 0 Å². The van der Waals surface area contributed by atoms with Crippen molar-refractivity contribution in [2.45, 2.75) is 6.42 Å². The van der Waals surface area contributed by atoms with Crippen LogP contribution in [0.15, 0.2) is 36.7 Å². The van der Waals surface area contributed by atoms with Crippen LogP contribution in [0.3, 0.4) is 0 Å². The third-order valence-electron chi connectivity index (χ3n) is 2.99. The highest BCUT2D eigenvalue weighted by Gasteiger charge is 2.00. The van der Waals surface area contributed by atoms with Gasteiger partial charge in [0.2, 0.25) is 0 Å². The molecule has 0 unspecified atom stereocenters. The molecule has 1 heterocycles. The summed E-state index contributed by atoms with van der Waals surface area (Å²) >= 11 is 0. The van der Waals surface area contributed by atoms with Crippen molar-refractivity contribution in [1.29, 1.82) is 0 Å². The molecule has 1 N–H and O–H groups in total. The molecule has 0 bridgehead atoms. The topological polar surface area (TPSA) is 50.3 Å². The maximum absolute atomic E-state index is 5.14. The first-order valence-electron chi connectivity index (χ1n) is 6.55. The molecule has 5 heteroatoms. The second-order valence-corrected chi connectivity index (χ2v) is 4.68. The maximum atomic E-state index is 5.14. The van der Waals surface area contributed by atoms with Gasteiger partial charge in [-0.05, 0) is 24.1 Å². The summed E-state index contributed by atoms with van der Waals surface area (Å²) in [4.78, 5) is 10.4. The Bertz CT molecular complexity index is 540. The number of ether oxygens (including phenoxy) is 1. The molecule has 20 heavy (non-hydrogen) atoms. The molecule has 0 amide bonds. The summed E-state index contributed by atoms with van der Waals surface area (Å²) in [7, 11) is 5.60. The van der Waals surface area contributed by atoms with Gasteiger partial charge in [-0.1, -0.05) is 12.1 Å². The minimum atomic E-state index is 0.830. The Kier molecular flexibility index (Phi) is 4.76. The van der Waals surface area contributed by atoms with E-state index in [4.69, 9.17) is 4.74 Å². The molecule has 1 aromatic heterocycles. The van der Waals surface area contributed by atoms with E-state index in [9.17, 15) is 0 Å². The van der Waals surface area contributed by atoms with Crippen LogP contribution in [-0.2, 0) is 6.42 Å². The van der Waals surface area contributed by atoms with Crippen molar-refractivity contribution in [3.8, 4) is 5.75 Å². The van der Waals surface area contributed by atoms with E-state index in [0.717, 1.165) is 30.4 Å². The lowest BCUT2D eigenvalue weighted by Gasteiger charge is -2.12. The zero-order valence-corrected chi connectivity index (χ0v) is 12.1. The van der Waals surface area contributed by atoms with E-state index in [1.807, 2.05) is 37.2 Å². The smallest absolute Gasteiger partial charge is 0.133 e. The zero-order chi connectivity index (χ0) is 14.4. The molecule has 0 aliphatic carbocycles. The number of nitrogens with zero attached hydrogens (tertiary/aromatic N) is 3. The lowest BCUT2D eigenvalue weighted by atomic mass is 10.1. The number of anilines is 2. The first kappa shape index (κ1) is 14.1. The molecule has 1 aromatic carbocycles. The van der Waals surface area contributed by atoms with Crippen LogP contribution < -0.4 is 15.0 Å². The third kappa shape index (κ3) is 3.85. The van der Waals surface area contributed by atoms with Gasteiger partial charge < -0.3 is 15.0 Å². The summed E-state index contributed by atoms with van der Waals surface area (Å²) in [5, 5.41) is 3.31. The van der Waals surface area contributed by atoms with E-state index in [1.165, 1.54) is 5.56 Å². The Morgan fingerprint density at radius 1 is 1.15 bits per heavy atom. The Morgan fingerprint density at radius 2 is 1.90 bits per heavy atom. The minimum absolute atomic E-state index is 0.830. The molecule has 2 aromatic rings. The summed E-state index contributed by atoms with van der Waals surface area (Å²) in [6, 6.07) is 10.0. The number of hydrogen-bond acceptors (Lipinski definition) is 5. The number of aromatic nitrogens is 2. The minimum Gasteiger partial charge on any atom is -0.497 e. The van der Waals surface area contributed by atoms with E-state index in [-0.39, 0.29) is 0 Å². The van der Waals surface area contributed by atoms with Crippen molar-refractivity contribution in [1.82, 2.24) is 9.97 Å². The van der Waals surface area contributed by atoms with Crippen molar-refractivity contribution in [2.24, 2.45) is 0 Å². The Morgan fingerprint density at radius 3 is 2.55 bits per heavy atom. The Balaban J connectivity index is 1.87. The van der Waals surface area contributed by atoms with Gasteiger partial charge in [-0.25, -0.2) is 9.97 Å². The molecule has 0 saturated carbocycles. The van der Waals surface area contributed by atoms with Crippen LogP contribution in [0.1, 0.15) is 5.56 Å². The predicted octanol–water partition coefficient (Wildman–Crippen LogP) is 2.21. The van der Waals surface area contributed by atoms with Crippen LogP contribution in [0.5, 0.6) is 5.75 Å². The number of hydrogen-bond donors (Lipinski definition) is 1. The monoisotopic (exact) mass is 272 g/mol. The van der Waals surface area contributed by atoms with Crippen LogP contribution in [0.25, 0.3) is 0 Å². The average Bonchev–Trinajstić information content (AvgIpc) is 2.48. The number of rotatable bonds is 6. The quantitative estimate of drug-likeness (QED) is 0.873. The van der Waals surface area contributed by atoms with Gasteiger partial charge in [0.1, 0.15) is 23.7 Å². The number of benzene rings is 1. The summed E-state index contributed by atoms with van der Waals surface area (Å²) < 4.78 is 5.14. The SMILES string of the molecule is COc1ccc(CCNc2cc(N(C)C)ncn2)cc1. The highest BCUT2D eigenvalue weighted by molar-refractivity contribution is 5.47. The van der Waals surface area contributed by atoms with E-state index in [2.05, 4.69) is 27.4 Å². The zero-order valence-electron chi connectivity index (χ0n) is 12.1. The van der Waals surface area contributed by atoms with Gasteiger partial charge in [-0.2, -0.15) is 0 Å². The van der Waals surface area contributed by atoms with Crippen molar-refractivity contribution in [2.75, 3.05) is 38.0 Å². The molecule has 0 fully saturated rings. The Labute approximate surface area is 119 Å². The molecule has 0 spiro atoms. The van der Waals surface area contributed by atoms with Crippen molar-refractivity contribution < 1.29 is 4.74 Å². The molecule has 0 aliphatic heterocycles. The summed E-state index contributed by atoms with van der Waals surface area (Å²) in [6.45, 7) is 0.830. The predicted molar refractivity (Wildman–Crippen MR) is 81.5 cm³/mol. The highest BCUT2D eigenvalue weighted by Crippen LogP contribution is 2.13. The summed E-state index contributed by atoms with van der Waals surface area (Å²) in [5.74, 6) is 2.62. The van der Waals surface area contributed by atoms with Gasteiger partial charge >= 0.3 is 0 Å². The van der Waals surface area contributed by atoms with E-state index in [1.54, 1.807) is 13.4 Å². The first-order valence-corrected chi connectivity index (χ1v) is 6.55. The fourth-order valence-corrected chi connectivity index (χ4v) is 1.82. The van der Waals surface area contributed by atoms with E-state index in [0.29, 0.717) is 0 Å². The molecule has 0 aliphatic rings. The molecule has 2 rings (SSSR count). The molecule has 5 nitrogen and oxygen atoms in total. The number of nitrogens with one attached hydrogen (secondary N) is 1. The van der Waals surface area contributed by atoms with Gasteiger partial charge in [-0.15, -0.1) is 0 Å². The molecule has 0 radical (unpaired) electrons. The van der Waals surface area contributed by atoms with Gasteiger partial charge in [0.05, 0.1) is 7.11 Å². The average molecular weight is 272 g/mol. The second kappa shape index (κ2) is 6.75. The fourth-order valence-electron chi connectivity index (χ4n) is 1.82. The molecule has 0 saturated heterocycles. The highest BCUT2D eigenvalue weighted by atomic mass is 16.5. The van der Waals surface area contributed by atoms with Crippen LogP contribution in [0.4, 0.5) is 11.6 Å². The molecular weight excluding hydrogens is 252 g/mol. The van der Waals surface area contributed by atoms with Crippen LogP contribution >= 0.6 is 0 Å². The lowest BCUT2D eigenvalue weighted by molar-refractivity contribution is 0.414. The van der Waals surface area contributed by atoms with Crippen molar-refractivity contribution >= 4 is 11.6 Å².